The first-order valence-electron chi connectivity index (χ1n) is 7.81. The second kappa shape index (κ2) is 8.48. The summed E-state index contributed by atoms with van der Waals surface area (Å²) >= 11 is 0. The van der Waals surface area contributed by atoms with Crippen LogP contribution < -0.4 is 5.32 Å². The van der Waals surface area contributed by atoms with Gasteiger partial charge in [0.1, 0.15) is 12.7 Å². The van der Waals surface area contributed by atoms with Crippen molar-refractivity contribution in [3.05, 3.63) is 48.0 Å². The zero-order valence-corrected chi connectivity index (χ0v) is 13.5. The van der Waals surface area contributed by atoms with Gasteiger partial charge in [-0.3, -0.25) is 9.59 Å². The summed E-state index contributed by atoms with van der Waals surface area (Å²) in [5.74, 6) is -0.678. The normalized spacial score (nSPS) is 28.0. The smallest absolute Gasteiger partial charge is 0.309 e. The molecule has 0 radical (unpaired) electrons. The van der Waals surface area contributed by atoms with E-state index in [1.165, 1.54) is 7.11 Å². The third kappa shape index (κ3) is 4.93. The van der Waals surface area contributed by atoms with Crippen molar-refractivity contribution in [1.82, 2.24) is 5.32 Å². The van der Waals surface area contributed by atoms with Gasteiger partial charge < -0.3 is 14.8 Å². The molecule has 1 aromatic rings. The zero-order chi connectivity index (χ0) is 16.7. The van der Waals surface area contributed by atoms with E-state index in [1.807, 2.05) is 49.4 Å². The molecule has 0 fully saturated rings. The molecule has 124 valence electrons. The van der Waals surface area contributed by atoms with E-state index in [0.717, 1.165) is 5.56 Å². The van der Waals surface area contributed by atoms with Crippen molar-refractivity contribution < 1.29 is 19.1 Å². The fourth-order valence-corrected chi connectivity index (χ4v) is 2.41. The molecule has 0 aromatic heterocycles. The number of benzene rings is 1. The highest BCUT2D eigenvalue weighted by Gasteiger charge is 2.24. The highest BCUT2D eigenvalue weighted by molar-refractivity contribution is 5.81. The summed E-state index contributed by atoms with van der Waals surface area (Å²) in [5, 5.41) is 2.91. The SMILES string of the molecule is CO[C@@H]1C/C=C/C[C@@H](C)C(=O)OC[C@@H](c2ccccc2)NC1=O. The van der Waals surface area contributed by atoms with Crippen LogP contribution >= 0.6 is 0 Å². The van der Waals surface area contributed by atoms with Gasteiger partial charge in [0, 0.05) is 13.5 Å². The lowest BCUT2D eigenvalue weighted by atomic mass is 10.0. The number of carbonyl (C=O) groups is 2. The standard InChI is InChI=1S/C18H23NO4/c1-13-8-6-7-11-16(22-2)17(20)19-15(12-23-18(13)21)14-9-4-3-5-10-14/h3-7,9-10,13,15-16H,8,11-12H2,1-2H3,(H,19,20)/b7-6+/t13-,15+,16-/m1/s1. The quantitative estimate of drug-likeness (QED) is 0.672. The van der Waals surface area contributed by atoms with Gasteiger partial charge in [0.15, 0.2) is 0 Å². The van der Waals surface area contributed by atoms with Gasteiger partial charge in [0.25, 0.3) is 0 Å². The summed E-state index contributed by atoms with van der Waals surface area (Å²) in [7, 11) is 1.52. The van der Waals surface area contributed by atoms with Crippen LogP contribution in [-0.4, -0.2) is 31.7 Å². The van der Waals surface area contributed by atoms with Crippen molar-refractivity contribution in [2.24, 2.45) is 5.92 Å². The Hall–Kier alpha value is -2.14. The van der Waals surface area contributed by atoms with Crippen molar-refractivity contribution >= 4 is 11.9 Å². The average molecular weight is 317 g/mol. The number of ether oxygens (including phenoxy) is 2. The van der Waals surface area contributed by atoms with Gasteiger partial charge in [0.05, 0.1) is 12.0 Å². The monoisotopic (exact) mass is 317 g/mol. The average Bonchev–Trinajstić information content (AvgIpc) is 2.57. The van der Waals surface area contributed by atoms with Gasteiger partial charge in [-0.25, -0.2) is 0 Å². The summed E-state index contributed by atoms with van der Waals surface area (Å²) in [6.45, 7) is 1.95. The fraction of sp³-hybridized carbons (Fsp3) is 0.444. The fourth-order valence-electron chi connectivity index (χ4n) is 2.41. The van der Waals surface area contributed by atoms with Crippen LogP contribution in [0.4, 0.5) is 0 Å². The maximum absolute atomic E-state index is 12.4. The minimum atomic E-state index is -0.553. The Balaban J connectivity index is 2.21. The van der Waals surface area contributed by atoms with E-state index in [2.05, 4.69) is 5.32 Å². The minimum absolute atomic E-state index is 0.110. The van der Waals surface area contributed by atoms with Crippen LogP contribution in [0.5, 0.6) is 0 Å². The first-order chi connectivity index (χ1) is 11.1. The number of esters is 1. The predicted molar refractivity (Wildman–Crippen MR) is 86.6 cm³/mol. The van der Waals surface area contributed by atoms with Gasteiger partial charge in [-0.1, -0.05) is 49.4 Å². The van der Waals surface area contributed by atoms with E-state index in [-0.39, 0.29) is 30.4 Å². The lowest BCUT2D eigenvalue weighted by Gasteiger charge is -2.23. The number of amides is 1. The number of carbonyl (C=O) groups excluding carboxylic acids is 2. The highest BCUT2D eigenvalue weighted by atomic mass is 16.5. The molecule has 0 saturated heterocycles. The summed E-state index contributed by atoms with van der Waals surface area (Å²) < 4.78 is 10.7. The number of cyclic esters (lactones) is 1. The van der Waals surface area contributed by atoms with Crippen molar-refractivity contribution in [3.63, 3.8) is 0 Å². The van der Waals surface area contributed by atoms with Crippen molar-refractivity contribution in [1.29, 1.82) is 0 Å². The molecule has 1 N–H and O–H groups in total. The van der Waals surface area contributed by atoms with Crippen molar-refractivity contribution in [2.45, 2.75) is 31.9 Å². The molecule has 5 nitrogen and oxygen atoms in total. The molecule has 0 bridgehead atoms. The van der Waals surface area contributed by atoms with Crippen LogP contribution in [-0.2, 0) is 19.1 Å². The highest BCUT2D eigenvalue weighted by Crippen LogP contribution is 2.17. The molecule has 1 heterocycles. The Kier molecular flexibility index (Phi) is 6.35. The van der Waals surface area contributed by atoms with Crippen molar-refractivity contribution in [3.8, 4) is 0 Å². The number of hydrogen-bond acceptors (Lipinski definition) is 4. The molecule has 1 amide bonds. The van der Waals surface area contributed by atoms with Crippen LogP contribution in [0.3, 0.4) is 0 Å². The Morgan fingerprint density at radius 2 is 1.83 bits per heavy atom. The zero-order valence-electron chi connectivity index (χ0n) is 13.5. The number of hydrogen-bond donors (Lipinski definition) is 1. The number of nitrogens with one attached hydrogen (secondary N) is 1. The van der Waals surface area contributed by atoms with Gasteiger partial charge in [-0.2, -0.15) is 0 Å². The van der Waals surface area contributed by atoms with Gasteiger partial charge in [0.2, 0.25) is 5.91 Å². The van der Waals surface area contributed by atoms with Crippen LogP contribution in [0.1, 0.15) is 31.4 Å². The molecule has 0 saturated carbocycles. The maximum Gasteiger partial charge on any atom is 0.309 e. The minimum Gasteiger partial charge on any atom is -0.463 e. The number of rotatable bonds is 2. The Bertz CT molecular complexity index is 555. The molecule has 1 aromatic carbocycles. The van der Waals surface area contributed by atoms with E-state index in [4.69, 9.17) is 9.47 Å². The summed E-state index contributed by atoms with van der Waals surface area (Å²) in [5.41, 5.74) is 0.892. The summed E-state index contributed by atoms with van der Waals surface area (Å²) in [6, 6.07) is 9.08. The Morgan fingerprint density at radius 1 is 1.13 bits per heavy atom. The van der Waals surface area contributed by atoms with Gasteiger partial charge in [-0.15, -0.1) is 0 Å². The second-order valence-electron chi connectivity index (χ2n) is 5.67. The first-order valence-corrected chi connectivity index (χ1v) is 7.81. The third-order valence-corrected chi connectivity index (χ3v) is 3.90. The van der Waals surface area contributed by atoms with E-state index in [0.29, 0.717) is 12.8 Å². The number of methoxy groups -OCH3 is 1. The van der Waals surface area contributed by atoms with Crippen LogP contribution in [0.15, 0.2) is 42.5 Å². The van der Waals surface area contributed by atoms with E-state index < -0.39 is 6.10 Å². The third-order valence-electron chi connectivity index (χ3n) is 3.90. The molecule has 2 rings (SSSR count). The summed E-state index contributed by atoms with van der Waals surface area (Å²) in [6.07, 6.45) is 4.28. The lowest BCUT2D eigenvalue weighted by molar-refractivity contribution is -0.149. The topological polar surface area (TPSA) is 64.6 Å². The van der Waals surface area contributed by atoms with Gasteiger partial charge in [-0.05, 0) is 12.0 Å². The number of allylic oxidation sites excluding steroid dienone is 1. The Morgan fingerprint density at radius 3 is 2.52 bits per heavy atom. The maximum atomic E-state index is 12.4. The molecule has 5 heteroatoms. The largest absolute Gasteiger partial charge is 0.463 e. The predicted octanol–water partition coefficient (Wildman–Crippen LogP) is 2.39. The second-order valence-corrected chi connectivity index (χ2v) is 5.67. The van der Waals surface area contributed by atoms with Crippen molar-refractivity contribution in [2.75, 3.05) is 13.7 Å². The molecule has 3 atom stereocenters. The van der Waals surface area contributed by atoms with E-state index >= 15 is 0 Å². The Labute approximate surface area is 136 Å². The van der Waals surface area contributed by atoms with Crippen LogP contribution in [0.2, 0.25) is 0 Å². The lowest BCUT2D eigenvalue weighted by Crippen LogP contribution is -2.40. The molecular formula is C18H23NO4. The van der Waals surface area contributed by atoms with Crippen LogP contribution in [0, 0.1) is 5.92 Å². The van der Waals surface area contributed by atoms with Gasteiger partial charge >= 0.3 is 5.97 Å². The summed E-state index contributed by atoms with van der Waals surface area (Å²) in [4.78, 5) is 24.4. The van der Waals surface area contributed by atoms with Crippen LogP contribution in [0.25, 0.3) is 0 Å². The molecule has 1 aliphatic heterocycles. The molecule has 0 spiro atoms. The molecular weight excluding hydrogens is 294 g/mol. The molecule has 1 aliphatic rings. The molecule has 23 heavy (non-hydrogen) atoms. The van der Waals surface area contributed by atoms with E-state index in [1.54, 1.807) is 0 Å². The first kappa shape index (κ1) is 17.2. The molecule has 0 aliphatic carbocycles. The van der Waals surface area contributed by atoms with E-state index in [9.17, 15) is 9.59 Å². The molecule has 0 unspecified atom stereocenters.